The van der Waals surface area contributed by atoms with E-state index in [1.807, 2.05) is 30.3 Å². The molecule has 0 saturated heterocycles. The summed E-state index contributed by atoms with van der Waals surface area (Å²) in [7, 11) is 0. The molecule has 0 bridgehead atoms. The number of ether oxygens (including phenoxy) is 1. The number of para-hydroxylation sites is 1. The standard InChI is InChI=1S/C12H11NO3/c1-8(12(14)15)16-11-7-6-9-4-2-3-5-10(9)13-11/h2-8H,1H3,(H,14,15). The van der Waals surface area contributed by atoms with E-state index in [4.69, 9.17) is 9.84 Å². The molecule has 0 amide bonds. The number of aromatic nitrogens is 1. The Kier molecular flexibility index (Phi) is 2.72. The molecule has 1 atom stereocenters. The molecule has 4 nitrogen and oxygen atoms in total. The number of carboxylic acids is 1. The second-order valence-electron chi connectivity index (χ2n) is 3.44. The lowest BCUT2D eigenvalue weighted by atomic mass is 10.2. The van der Waals surface area contributed by atoms with Crippen molar-refractivity contribution in [3.8, 4) is 5.88 Å². The highest BCUT2D eigenvalue weighted by Crippen LogP contribution is 2.16. The second-order valence-corrected chi connectivity index (χ2v) is 3.44. The van der Waals surface area contributed by atoms with Gasteiger partial charge >= 0.3 is 5.97 Å². The first-order valence-electron chi connectivity index (χ1n) is 4.92. The summed E-state index contributed by atoms with van der Waals surface area (Å²) < 4.78 is 5.17. The Morgan fingerprint density at radius 3 is 2.81 bits per heavy atom. The molecule has 2 rings (SSSR count). The smallest absolute Gasteiger partial charge is 0.344 e. The SMILES string of the molecule is CC(Oc1ccc2ccccc2n1)C(=O)O. The highest BCUT2D eigenvalue weighted by Gasteiger charge is 2.12. The van der Waals surface area contributed by atoms with Crippen LogP contribution in [0, 0.1) is 0 Å². The first kappa shape index (κ1) is 10.4. The van der Waals surface area contributed by atoms with Crippen LogP contribution in [-0.4, -0.2) is 22.2 Å². The highest BCUT2D eigenvalue weighted by atomic mass is 16.5. The summed E-state index contributed by atoms with van der Waals surface area (Å²) in [5.74, 6) is -0.677. The highest BCUT2D eigenvalue weighted by molar-refractivity contribution is 5.79. The minimum absolute atomic E-state index is 0.327. The van der Waals surface area contributed by atoms with Crippen molar-refractivity contribution >= 4 is 16.9 Å². The van der Waals surface area contributed by atoms with Crippen molar-refractivity contribution in [3.05, 3.63) is 36.4 Å². The van der Waals surface area contributed by atoms with Crippen molar-refractivity contribution in [2.24, 2.45) is 0 Å². The van der Waals surface area contributed by atoms with E-state index in [2.05, 4.69) is 4.98 Å². The molecule has 1 heterocycles. The maximum Gasteiger partial charge on any atom is 0.344 e. The Labute approximate surface area is 92.5 Å². The van der Waals surface area contributed by atoms with E-state index in [1.165, 1.54) is 6.92 Å². The predicted octanol–water partition coefficient (Wildman–Crippen LogP) is 2.09. The number of aliphatic carboxylic acids is 1. The summed E-state index contributed by atoms with van der Waals surface area (Å²) in [5, 5.41) is 9.70. The van der Waals surface area contributed by atoms with Crippen LogP contribution in [0.25, 0.3) is 10.9 Å². The maximum atomic E-state index is 10.6. The van der Waals surface area contributed by atoms with E-state index in [-0.39, 0.29) is 0 Å². The van der Waals surface area contributed by atoms with Gasteiger partial charge in [0.1, 0.15) is 0 Å². The van der Waals surface area contributed by atoms with E-state index in [9.17, 15) is 4.79 Å². The van der Waals surface area contributed by atoms with Gasteiger partial charge in [0.25, 0.3) is 0 Å². The van der Waals surface area contributed by atoms with Crippen LogP contribution in [0.1, 0.15) is 6.92 Å². The predicted molar refractivity (Wildman–Crippen MR) is 59.5 cm³/mol. The van der Waals surface area contributed by atoms with Gasteiger partial charge in [-0.25, -0.2) is 9.78 Å². The van der Waals surface area contributed by atoms with Crippen molar-refractivity contribution in [2.75, 3.05) is 0 Å². The van der Waals surface area contributed by atoms with Crippen molar-refractivity contribution < 1.29 is 14.6 Å². The zero-order chi connectivity index (χ0) is 11.5. The number of pyridine rings is 1. The largest absolute Gasteiger partial charge is 0.479 e. The van der Waals surface area contributed by atoms with E-state index >= 15 is 0 Å². The Hall–Kier alpha value is -2.10. The van der Waals surface area contributed by atoms with Gasteiger partial charge in [0.15, 0.2) is 6.10 Å². The van der Waals surface area contributed by atoms with Crippen molar-refractivity contribution in [1.29, 1.82) is 0 Å². The molecular formula is C12H11NO3. The molecule has 0 aliphatic heterocycles. The fraction of sp³-hybridized carbons (Fsp3) is 0.167. The third kappa shape index (κ3) is 2.11. The number of carboxylic acid groups (broad SMARTS) is 1. The van der Waals surface area contributed by atoms with Crippen molar-refractivity contribution in [2.45, 2.75) is 13.0 Å². The van der Waals surface area contributed by atoms with Crippen LogP contribution >= 0.6 is 0 Å². The fourth-order valence-electron chi connectivity index (χ4n) is 1.34. The molecule has 0 spiro atoms. The lowest BCUT2D eigenvalue weighted by molar-refractivity contribution is -0.144. The molecule has 1 N–H and O–H groups in total. The quantitative estimate of drug-likeness (QED) is 0.855. The fourth-order valence-corrected chi connectivity index (χ4v) is 1.34. The normalized spacial score (nSPS) is 12.3. The third-order valence-corrected chi connectivity index (χ3v) is 2.22. The van der Waals surface area contributed by atoms with Gasteiger partial charge in [0.05, 0.1) is 5.52 Å². The van der Waals surface area contributed by atoms with Crippen molar-refractivity contribution in [1.82, 2.24) is 4.98 Å². The number of carbonyl (C=O) groups is 1. The molecular weight excluding hydrogens is 206 g/mol. The summed E-state index contributed by atoms with van der Waals surface area (Å²) >= 11 is 0. The monoisotopic (exact) mass is 217 g/mol. The lowest BCUT2D eigenvalue weighted by Gasteiger charge is -2.09. The molecule has 0 radical (unpaired) electrons. The van der Waals surface area contributed by atoms with Crippen LogP contribution < -0.4 is 4.74 Å². The molecule has 1 unspecified atom stereocenters. The van der Waals surface area contributed by atoms with Crippen molar-refractivity contribution in [3.63, 3.8) is 0 Å². The van der Waals surface area contributed by atoms with Gasteiger partial charge in [-0.05, 0) is 19.1 Å². The third-order valence-electron chi connectivity index (χ3n) is 2.22. The average molecular weight is 217 g/mol. The van der Waals surface area contributed by atoms with E-state index in [0.29, 0.717) is 5.88 Å². The number of nitrogens with zero attached hydrogens (tertiary/aromatic N) is 1. The van der Waals surface area contributed by atoms with E-state index < -0.39 is 12.1 Å². The summed E-state index contributed by atoms with van der Waals surface area (Å²) in [6.45, 7) is 1.47. The molecule has 1 aromatic heterocycles. The Morgan fingerprint density at radius 1 is 1.31 bits per heavy atom. The molecule has 82 valence electrons. The van der Waals surface area contributed by atoms with Crippen LogP contribution in [0.2, 0.25) is 0 Å². The maximum absolute atomic E-state index is 10.6. The molecule has 0 fully saturated rings. The van der Waals surface area contributed by atoms with Crippen LogP contribution in [0.5, 0.6) is 5.88 Å². The number of hydrogen-bond acceptors (Lipinski definition) is 3. The van der Waals surface area contributed by atoms with Gasteiger partial charge in [-0.2, -0.15) is 0 Å². The molecule has 16 heavy (non-hydrogen) atoms. The number of hydrogen-bond donors (Lipinski definition) is 1. The zero-order valence-electron chi connectivity index (χ0n) is 8.75. The molecule has 0 aliphatic rings. The Morgan fingerprint density at radius 2 is 2.06 bits per heavy atom. The minimum Gasteiger partial charge on any atom is -0.479 e. The zero-order valence-corrected chi connectivity index (χ0v) is 8.75. The van der Waals surface area contributed by atoms with Gasteiger partial charge in [-0.1, -0.05) is 18.2 Å². The first-order chi connectivity index (χ1) is 7.66. The lowest BCUT2D eigenvalue weighted by Crippen LogP contribution is -2.23. The summed E-state index contributed by atoms with van der Waals surface area (Å²) in [4.78, 5) is 14.8. The molecule has 1 aromatic carbocycles. The summed E-state index contributed by atoms with van der Waals surface area (Å²) in [6.07, 6.45) is -0.895. The number of fused-ring (bicyclic) bond motifs is 1. The van der Waals surface area contributed by atoms with Gasteiger partial charge in [-0.15, -0.1) is 0 Å². The summed E-state index contributed by atoms with van der Waals surface area (Å²) in [5.41, 5.74) is 0.789. The molecule has 0 aliphatic carbocycles. The second kappa shape index (κ2) is 4.18. The average Bonchev–Trinajstić information content (AvgIpc) is 2.28. The number of rotatable bonds is 3. The number of benzene rings is 1. The minimum atomic E-state index is -1.00. The molecule has 4 heteroatoms. The van der Waals surface area contributed by atoms with Gasteiger partial charge < -0.3 is 9.84 Å². The van der Waals surface area contributed by atoms with Crippen LogP contribution in [0.15, 0.2) is 36.4 Å². The van der Waals surface area contributed by atoms with Crippen LogP contribution in [-0.2, 0) is 4.79 Å². The van der Waals surface area contributed by atoms with Gasteiger partial charge in [0.2, 0.25) is 5.88 Å². The van der Waals surface area contributed by atoms with Gasteiger partial charge in [-0.3, -0.25) is 0 Å². The molecule has 2 aromatic rings. The Balaban J connectivity index is 2.29. The topological polar surface area (TPSA) is 59.4 Å². The first-order valence-corrected chi connectivity index (χ1v) is 4.92. The summed E-state index contributed by atoms with van der Waals surface area (Å²) in [6, 6.07) is 11.1. The van der Waals surface area contributed by atoms with Crippen LogP contribution in [0.3, 0.4) is 0 Å². The molecule has 0 saturated carbocycles. The Bertz CT molecular complexity index is 524. The van der Waals surface area contributed by atoms with E-state index in [0.717, 1.165) is 10.9 Å². The van der Waals surface area contributed by atoms with Crippen LogP contribution in [0.4, 0.5) is 0 Å². The van der Waals surface area contributed by atoms with Gasteiger partial charge in [0, 0.05) is 11.5 Å². The van der Waals surface area contributed by atoms with E-state index in [1.54, 1.807) is 6.07 Å².